The molecule has 0 unspecified atom stereocenters. The van der Waals surface area contributed by atoms with Gasteiger partial charge in [0, 0.05) is 0 Å². The van der Waals surface area contributed by atoms with Gasteiger partial charge in [0.05, 0.1) is 34.6 Å². The van der Waals surface area contributed by atoms with Gasteiger partial charge in [0.25, 0.3) is 15.9 Å². The van der Waals surface area contributed by atoms with Crippen LogP contribution in [0.3, 0.4) is 0 Å². The summed E-state index contributed by atoms with van der Waals surface area (Å²) >= 11 is 0. The standard InChI is InChI=1S/C33H29N3O6S/c1-24-13-19-29(20-14-24)43(39,40)36(25-15-17-27(18-16-25)42-26-8-3-2-4-9-26)23-32(37)35-31-12-6-5-11-30(31)33(38)34-22-28-10-7-21-41-28/h2-21H,22-23H2,1H3,(H,34,38)(H,35,37). The van der Waals surface area contributed by atoms with Crippen molar-refractivity contribution in [2.24, 2.45) is 0 Å². The van der Waals surface area contributed by atoms with E-state index >= 15 is 0 Å². The molecule has 43 heavy (non-hydrogen) atoms. The molecule has 0 bridgehead atoms. The van der Waals surface area contributed by atoms with Gasteiger partial charge in [0.1, 0.15) is 23.8 Å². The molecule has 5 aromatic rings. The number of hydrogen-bond acceptors (Lipinski definition) is 6. The molecule has 2 N–H and O–H groups in total. The number of amides is 2. The zero-order valence-electron chi connectivity index (χ0n) is 23.3. The van der Waals surface area contributed by atoms with Crippen molar-refractivity contribution in [2.45, 2.75) is 18.4 Å². The van der Waals surface area contributed by atoms with Crippen molar-refractivity contribution in [1.29, 1.82) is 0 Å². The van der Waals surface area contributed by atoms with E-state index in [9.17, 15) is 18.0 Å². The number of hydrogen-bond donors (Lipinski definition) is 2. The molecule has 1 aromatic heterocycles. The van der Waals surface area contributed by atoms with E-state index in [4.69, 9.17) is 9.15 Å². The summed E-state index contributed by atoms with van der Waals surface area (Å²) in [6.45, 7) is 1.48. The number of sulfonamides is 1. The monoisotopic (exact) mass is 595 g/mol. The lowest BCUT2D eigenvalue weighted by molar-refractivity contribution is -0.114. The molecule has 9 nitrogen and oxygen atoms in total. The SMILES string of the molecule is Cc1ccc(S(=O)(=O)N(CC(=O)Nc2ccccc2C(=O)NCc2ccco2)c2ccc(Oc3ccccc3)cc2)cc1. The molecule has 10 heteroatoms. The molecule has 0 saturated carbocycles. The average Bonchev–Trinajstić information content (AvgIpc) is 3.54. The fraction of sp³-hybridized carbons (Fsp3) is 0.0909. The number of anilines is 2. The highest BCUT2D eigenvalue weighted by Crippen LogP contribution is 2.28. The Morgan fingerprint density at radius 1 is 0.791 bits per heavy atom. The van der Waals surface area contributed by atoms with Gasteiger partial charge in [-0.15, -0.1) is 0 Å². The maximum atomic E-state index is 13.8. The van der Waals surface area contributed by atoms with E-state index in [0.29, 0.717) is 17.3 Å². The van der Waals surface area contributed by atoms with Crippen LogP contribution < -0.4 is 19.7 Å². The third-order valence-corrected chi connectivity index (χ3v) is 8.24. The first-order valence-corrected chi connectivity index (χ1v) is 14.9. The van der Waals surface area contributed by atoms with Crippen LogP contribution in [0.15, 0.2) is 131 Å². The van der Waals surface area contributed by atoms with E-state index in [0.717, 1.165) is 9.87 Å². The molecule has 0 saturated heterocycles. The number of aryl methyl sites for hydroxylation is 1. The van der Waals surface area contributed by atoms with Crippen molar-refractivity contribution in [1.82, 2.24) is 5.32 Å². The summed E-state index contributed by atoms with van der Waals surface area (Å²) in [6, 6.07) is 31.9. The van der Waals surface area contributed by atoms with Gasteiger partial charge in [-0.2, -0.15) is 0 Å². The highest BCUT2D eigenvalue weighted by molar-refractivity contribution is 7.92. The van der Waals surface area contributed by atoms with Gasteiger partial charge in [-0.05, 0) is 79.7 Å². The van der Waals surface area contributed by atoms with Crippen molar-refractivity contribution in [3.63, 3.8) is 0 Å². The zero-order valence-corrected chi connectivity index (χ0v) is 24.1. The molecule has 0 radical (unpaired) electrons. The topological polar surface area (TPSA) is 118 Å². The number of rotatable bonds is 11. The van der Waals surface area contributed by atoms with Gasteiger partial charge in [-0.25, -0.2) is 8.42 Å². The van der Waals surface area contributed by atoms with E-state index in [1.165, 1.54) is 18.4 Å². The number of nitrogens with zero attached hydrogens (tertiary/aromatic N) is 1. The van der Waals surface area contributed by atoms with Crippen LogP contribution in [0.1, 0.15) is 21.7 Å². The fourth-order valence-corrected chi connectivity index (χ4v) is 5.66. The Labute approximate surface area is 249 Å². The first-order valence-electron chi connectivity index (χ1n) is 13.4. The molecule has 218 valence electrons. The van der Waals surface area contributed by atoms with E-state index in [-0.39, 0.29) is 28.4 Å². The first kappa shape index (κ1) is 29.2. The molecule has 0 aliphatic rings. The summed E-state index contributed by atoms with van der Waals surface area (Å²) in [5, 5.41) is 5.46. The second-order valence-corrected chi connectivity index (χ2v) is 11.5. The van der Waals surface area contributed by atoms with Crippen LogP contribution in [-0.4, -0.2) is 26.8 Å². The lowest BCUT2D eigenvalue weighted by atomic mass is 10.1. The maximum absolute atomic E-state index is 13.8. The number of ether oxygens (including phenoxy) is 1. The lowest BCUT2D eigenvalue weighted by Gasteiger charge is -2.24. The van der Waals surface area contributed by atoms with Crippen molar-refractivity contribution < 1.29 is 27.2 Å². The van der Waals surface area contributed by atoms with Gasteiger partial charge < -0.3 is 19.8 Å². The first-order chi connectivity index (χ1) is 20.8. The minimum atomic E-state index is -4.15. The summed E-state index contributed by atoms with van der Waals surface area (Å²) in [5.41, 5.74) is 1.62. The third kappa shape index (κ3) is 7.30. The smallest absolute Gasteiger partial charge is 0.264 e. The second-order valence-electron chi connectivity index (χ2n) is 9.59. The molecule has 1 heterocycles. The normalized spacial score (nSPS) is 11.0. The second kappa shape index (κ2) is 13.1. The largest absolute Gasteiger partial charge is 0.467 e. The molecule has 5 rings (SSSR count). The Bertz CT molecular complexity index is 1790. The van der Waals surface area contributed by atoms with Crippen molar-refractivity contribution in [3.8, 4) is 11.5 Å². The van der Waals surface area contributed by atoms with Gasteiger partial charge in [-0.3, -0.25) is 13.9 Å². The van der Waals surface area contributed by atoms with E-state index in [1.54, 1.807) is 72.8 Å². The summed E-state index contributed by atoms with van der Waals surface area (Å²) in [5.74, 6) is 0.649. The minimum absolute atomic E-state index is 0.0354. The number of carbonyl (C=O) groups excluding carboxylic acids is 2. The van der Waals surface area contributed by atoms with Crippen LogP contribution in [0, 0.1) is 6.92 Å². The molecular formula is C33H29N3O6S. The predicted molar refractivity (Wildman–Crippen MR) is 164 cm³/mol. The van der Waals surface area contributed by atoms with Crippen LogP contribution in [0.4, 0.5) is 11.4 Å². The van der Waals surface area contributed by atoms with Gasteiger partial charge in [0.15, 0.2) is 0 Å². The van der Waals surface area contributed by atoms with E-state index in [2.05, 4.69) is 10.6 Å². The van der Waals surface area contributed by atoms with Crippen molar-refractivity contribution >= 4 is 33.2 Å². The number of carbonyl (C=O) groups is 2. The molecule has 0 aliphatic carbocycles. The molecule has 4 aromatic carbocycles. The Kier molecular flexibility index (Phi) is 8.88. The van der Waals surface area contributed by atoms with Crippen LogP contribution in [0.5, 0.6) is 11.5 Å². The lowest BCUT2D eigenvalue weighted by Crippen LogP contribution is -2.38. The number of benzene rings is 4. The fourth-order valence-electron chi connectivity index (χ4n) is 4.24. The van der Waals surface area contributed by atoms with Crippen LogP contribution in [0.2, 0.25) is 0 Å². The number of furan rings is 1. The molecular weight excluding hydrogens is 566 g/mol. The zero-order chi connectivity index (χ0) is 30.2. The van der Waals surface area contributed by atoms with Crippen LogP contribution in [-0.2, 0) is 21.4 Å². The maximum Gasteiger partial charge on any atom is 0.264 e. The van der Waals surface area contributed by atoms with Gasteiger partial charge in [0.2, 0.25) is 5.91 Å². The highest BCUT2D eigenvalue weighted by Gasteiger charge is 2.28. The summed E-state index contributed by atoms with van der Waals surface area (Å²) in [7, 11) is -4.15. The summed E-state index contributed by atoms with van der Waals surface area (Å²) in [6.07, 6.45) is 1.51. The number of nitrogens with one attached hydrogen (secondary N) is 2. The van der Waals surface area contributed by atoms with Crippen LogP contribution in [0.25, 0.3) is 0 Å². The quantitative estimate of drug-likeness (QED) is 0.189. The molecule has 0 atom stereocenters. The van der Waals surface area contributed by atoms with Gasteiger partial charge >= 0.3 is 0 Å². The Balaban J connectivity index is 1.38. The molecule has 0 aliphatic heterocycles. The minimum Gasteiger partial charge on any atom is -0.467 e. The summed E-state index contributed by atoms with van der Waals surface area (Å²) < 4.78 is 39.8. The van der Waals surface area contributed by atoms with Crippen LogP contribution >= 0.6 is 0 Å². The molecule has 0 fully saturated rings. The summed E-state index contributed by atoms with van der Waals surface area (Å²) in [4.78, 5) is 26.3. The Morgan fingerprint density at radius 3 is 2.16 bits per heavy atom. The highest BCUT2D eigenvalue weighted by atomic mass is 32.2. The third-order valence-electron chi connectivity index (χ3n) is 6.45. The average molecular weight is 596 g/mol. The Morgan fingerprint density at radius 2 is 1.47 bits per heavy atom. The van der Waals surface area contributed by atoms with Crippen molar-refractivity contribution in [3.05, 3.63) is 138 Å². The number of para-hydroxylation sites is 2. The predicted octanol–water partition coefficient (Wildman–Crippen LogP) is 6.14. The van der Waals surface area contributed by atoms with Gasteiger partial charge in [-0.1, -0.05) is 48.0 Å². The molecule has 0 spiro atoms. The van der Waals surface area contributed by atoms with Crippen molar-refractivity contribution in [2.75, 3.05) is 16.2 Å². The van der Waals surface area contributed by atoms with E-state index in [1.807, 2.05) is 37.3 Å². The molecule has 2 amide bonds. The van der Waals surface area contributed by atoms with E-state index < -0.39 is 28.4 Å². The Hall–Kier alpha value is -5.35.